The topological polar surface area (TPSA) is 114 Å². The molecule has 3 rings (SSSR count). The number of hydrogen-bond acceptors (Lipinski definition) is 6. The van der Waals surface area contributed by atoms with Gasteiger partial charge in [-0.2, -0.15) is 4.98 Å². The maximum Gasteiger partial charge on any atom is 0.329 e. The number of aliphatic hydroxyl groups is 1. The van der Waals surface area contributed by atoms with E-state index >= 15 is 0 Å². The lowest BCUT2D eigenvalue weighted by Crippen LogP contribution is -2.31. The van der Waals surface area contributed by atoms with Crippen LogP contribution in [0.4, 0.5) is 5.95 Å². The summed E-state index contributed by atoms with van der Waals surface area (Å²) in [5.74, 6) is 1.07. The Kier molecular flexibility index (Phi) is 5.84. The van der Waals surface area contributed by atoms with E-state index in [2.05, 4.69) is 15.3 Å². The molecule has 0 fully saturated rings. The summed E-state index contributed by atoms with van der Waals surface area (Å²) in [5.41, 5.74) is -0.591. The van der Waals surface area contributed by atoms with Gasteiger partial charge in [0.2, 0.25) is 5.95 Å². The number of imidazole rings is 1. The molecule has 0 saturated carbocycles. The average Bonchev–Trinajstić information content (AvgIpc) is 3.03. The third-order valence-electron chi connectivity index (χ3n) is 4.57. The van der Waals surface area contributed by atoms with Crippen LogP contribution >= 0.6 is 0 Å². The second-order valence-electron chi connectivity index (χ2n) is 6.77. The molecule has 150 valence electrons. The molecule has 0 aliphatic rings. The third-order valence-corrected chi connectivity index (χ3v) is 4.57. The average molecular weight is 387 g/mol. The van der Waals surface area contributed by atoms with Crippen LogP contribution < -0.4 is 21.3 Å². The number of aromatic nitrogens is 4. The summed E-state index contributed by atoms with van der Waals surface area (Å²) in [6.07, 6.45) is -0.0373. The van der Waals surface area contributed by atoms with Gasteiger partial charge in [-0.15, -0.1) is 0 Å². The number of nitrogens with zero attached hydrogens (tertiary/aromatic N) is 3. The second kappa shape index (κ2) is 8.30. The van der Waals surface area contributed by atoms with Crippen molar-refractivity contribution in [1.82, 2.24) is 19.1 Å². The molecule has 1 aromatic carbocycles. The second-order valence-corrected chi connectivity index (χ2v) is 6.77. The lowest BCUT2D eigenvalue weighted by molar-refractivity contribution is 0.0938. The minimum atomic E-state index is -0.883. The predicted octanol–water partition coefficient (Wildman–Crippen LogP) is 1.07. The number of para-hydroxylation sites is 1. The lowest BCUT2D eigenvalue weighted by atomic mass is 10.3. The van der Waals surface area contributed by atoms with Crippen LogP contribution in [0.2, 0.25) is 0 Å². The number of benzene rings is 1. The highest BCUT2D eigenvalue weighted by Crippen LogP contribution is 2.18. The van der Waals surface area contributed by atoms with Crippen molar-refractivity contribution < 1.29 is 9.84 Å². The van der Waals surface area contributed by atoms with Crippen LogP contribution in [0.3, 0.4) is 0 Å². The van der Waals surface area contributed by atoms with E-state index in [1.807, 2.05) is 32.0 Å². The Morgan fingerprint density at radius 1 is 1.29 bits per heavy atom. The summed E-state index contributed by atoms with van der Waals surface area (Å²) in [4.78, 5) is 31.1. The van der Waals surface area contributed by atoms with E-state index in [0.29, 0.717) is 11.7 Å². The Labute approximate surface area is 161 Å². The number of hydrogen-bond donors (Lipinski definition) is 3. The van der Waals surface area contributed by atoms with Gasteiger partial charge in [0, 0.05) is 13.1 Å². The molecule has 9 heteroatoms. The zero-order chi connectivity index (χ0) is 20.3. The van der Waals surface area contributed by atoms with Crippen molar-refractivity contribution in [2.24, 2.45) is 7.05 Å². The number of H-pyrrole nitrogens is 1. The summed E-state index contributed by atoms with van der Waals surface area (Å²) in [7, 11) is 1.54. The molecular weight excluding hydrogens is 362 g/mol. The van der Waals surface area contributed by atoms with E-state index in [9.17, 15) is 14.7 Å². The Balaban J connectivity index is 1.93. The fourth-order valence-corrected chi connectivity index (χ4v) is 2.82. The summed E-state index contributed by atoms with van der Waals surface area (Å²) in [6, 6.07) is 9.28. The van der Waals surface area contributed by atoms with Crippen LogP contribution in [-0.2, 0) is 13.6 Å². The number of anilines is 1. The van der Waals surface area contributed by atoms with Crippen molar-refractivity contribution in [3.8, 4) is 5.75 Å². The van der Waals surface area contributed by atoms with E-state index in [4.69, 9.17) is 4.74 Å². The van der Waals surface area contributed by atoms with Gasteiger partial charge < -0.3 is 19.7 Å². The molecule has 2 atom stereocenters. The van der Waals surface area contributed by atoms with E-state index < -0.39 is 17.4 Å². The van der Waals surface area contributed by atoms with Gasteiger partial charge in [0.15, 0.2) is 11.2 Å². The van der Waals surface area contributed by atoms with Crippen LogP contribution in [0.15, 0.2) is 39.9 Å². The smallest absolute Gasteiger partial charge is 0.329 e. The van der Waals surface area contributed by atoms with Gasteiger partial charge in [-0.25, -0.2) is 4.79 Å². The number of nitrogens with one attached hydrogen (secondary N) is 2. The van der Waals surface area contributed by atoms with Crippen molar-refractivity contribution in [3.05, 3.63) is 51.2 Å². The number of aromatic amines is 1. The largest absolute Gasteiger partial charge is 0.491 e. The maximum atomic E-state index is 12.4. The van der Waals surface area contributed by atoms with Crippen molar-refractivity contribution in [1.29, 1.82) is 0 Å². The van der Waals surface area contributed by atoms with Crippen LogP contribution in [0.5, 0.6) is 5.75 Å². The molecule has 0 amide bonds. The summed E-state index contributed by atoms with van der Waals surface area (Å²) >= 11 is 0. The molecule has 0 spiro atoms. The number of aliphatic hydroxyl groups excluding tert-OH is 1. The molecule has 0 radical (unpaired) electrons. The Morgan fingerprint density at radius 3 is 2.68 bits per heavy atom. The molecule has 3 N–H and O–H groups in total. The van der Waals surface area contributed by atoms with Crippen LogP contribution in [-0.4, -0.2) is 43.0 Å². The van der Waals surface area contributed by atoms with Gasteiger partial charge in [0.25, 0.3) is 5.56 Å². The third kappa shape index (κ3) is 4.09. The Bertz CT molecular complexity index is 1050. The molecule has 3 aromatic rings. The SMILES string of the molecule is CCC(C)Nc1nc2c(c(=O)[nH]c(=O)n2C)n1CC(O)COc1ccccc1. The molecule has 9 nitrogen and oxygen atoms in total. The normalized spacial score (nSPS) is 13.4. The van der Waals surface area contributed by atoms with Gasteiger partial charge in [-0.3, -0.25) is 14.3 Å². The Morgan fingerprint density at radius 2 is 2.00 bits per heavy atom. The molecule has 2 unspecified atom stereocenters. The first-order valence-corrected chi connectivity index (χ1v) is 9.22. The van der Waals surface area contributed by atoms with E-state index in [1.54, 1.807) is 23.7 Å². The van der Waals surface area contributed by atoms with Crippen molar-refractivity contribution in [2.75, 3.05) is 11.9 Å². The first-order chi connectivity index (χ1) is 13.4. The summed E-state index contributed by atoms with van der Waals surface area (Å²) < 4.78 is 8.47. The number of aryl methyl sites for hydroxylation is 1. The summed E-state index contributed by atoms with van der Waals surface area (Å²) in [6.45, 7) is 4.15. The van der Waals surface area contributed by atoms with Crippen LogP contribution in [0.25, 0.3) is 11.2 Å². The fourth-order valence-electron chi connectivity index (χ4n) is 2.82. The highest BCUT2D eigenvalue weighted by molar-refractivity contribution is 5.74. The van der Waals surface area contributed by atoms with Crippen LogP contribution in [0.1, 0.15) is 20.3 Å². The number of fused-ring (bicyclic) bond motifs is 1. The quantitative estimate of drug-likeness (QED) is 0.533. The molecular formula is C19H25N5O4. The van der Waals surface area contributed by atoms with Gasteiger partial charge in [0.05, 0.1) is 6.54 Å². The van der Waals surface area contributed by atoms with Crippen molar-refractivity contribution >= 4 is 17.1 Å². The first kappa shape index (κ1) is 19.7. The molecule has 0 saturated heterocycles. The van der Waals surface area contributed by atoms with Crippen molar-refractivity contribution in [2.45, 2.75) is 39.0 Å². The molecule has 2 aromatic heterocycles. The molecule has 0 aliphatic heterocycles. The minimum absolute atomic E-state index is 0.0517. The lowest BCUT2D eigenvalue weighted by Gasteiger charge is -2.17. The fraction of sp³-hybridized carbons (Fsp3) is 0.421. The standard InChI is InChI=1S/C19H25N5O4/c1-4-12(2)20-18-21-16-15(17(26)22-19(27)23(16)3)24(18)10-13(25)11-28-14-8-6-5-7-9-14/h5-9,12-13,25H,4,10-11H2,1-3H3,(H,20,21)(H,22,26,27). The van der Waals surface area contributed by atoms with Gasteiger partial charge in [-0.1, -0.05) is 25.1 Å². The zero-order valence-electron chi connectivity index (χ0n) is 16.2. The van der Waals surface area contributed by atoms with E-state index in [0.717, 1.165) is 6.42 Å². The minimum Gasteiger partial charge on any atom is -0.491 e. The van der Waals surface area contributed by atoms with Crippen LogP contribution in [0, 0.1) is 0 Å². The highest BCUT2D eigenvalue weighted by atomic mass is 16.5. The highest BCUT2D eigenvalue weighted by Gasteiger charge is 2.20. The summed E-state index contributed by atoms with van der Waals surface area (Å²) in [5, 5.41) is 13.7. The first-order valence-electron chi connectivity index (χ1n) is 9.22. The van der Waals surface area contributed by atoms with Crippen molar-refractivity contribution in [3.63, 3.8) is 0 Å². The zero-order valence-corrected chi connectivity index (χ0v) is 16.2. The van der Waals surface area contributed by atoms with E-state index in [-0.39, 0.29) is 30.4 Å². The van der Waals surface area contributed by atoms with E-state index in [1.165, 1.54) is 4.57 Å². The molecule has 2 heterocycles. The van der Waals surface area contributed by atoms with Gasteiger partial charge in [0.1, 0.15) is 18.5 Å². The monoisotopic (exact) mass is 387 g/mol. The molecule has 0 aliphatic carbocycles. The Hall–Kier alpha value is -3.07. The number of ether oxygens (including phenoxy) is 1. The molecule has 28 heavy (non-hydrogen) atoms. The van der Waals surface area contributed by atoms with Gasteiger partial charge >= 0.3 is 5.69 Å². The maximum absolute atomic E-state index is 12.4. The predicted molar refractivity (Wildman–Crippen MR) is 107 cm³/mol. The number of rotatable bonds is 8. The molecule has 0 bridgehead atoms. The van der Waals surface area contributed by atoms with Gasteiger partial charge in [-0.05, 0) is 25.5 Å².